The SMILES string of the molecule is O=C(NCSCSCN=CS(=O)CSCSCO)SCCSCSCCS(=O)C=NCSCSCNC(=O)SCSCSCO. The summed E-state index contributed by atoms with van der Waals surface area (Å²) in [5.74, 6) is 5.31. The molecule has 2 unspecified atom stereocenters. The molecule has 2 atom stereocenters. The molecule has 0 radical (unpaired) electrons. The van der Waals surface area contributed by atoms with E-state index in [0.29, 0.717) is 44.5 Å². The molecule has 0 bridgehead atoms. The molecule has 0 aromatic rings. The van der Waals surface area contributed by atoms with Crippen LogP contribution in [0.4, 0.5) is 9.59 Å². The van der Waals surface area contributed by atoms with Gasteiger partial charge < -0.3 is 20.8 Å². The molecule has 0 saturated heterocycles. The van der Waals surface area contributed by atoms with Crippen molar-refractivity contribution in [3.05, 3.63) is 0 Å². The number of hydrogen-bond acceptors (Lipinski definition) is 20. The number of amides is 2. The van der Waals surface area contributed by atoms with Crippen LogP contribution in [0.5, 0.6) is 0 Å². The topological polar surface area (TPSA) is 158 Å². The summed E-state index contributed by atoms with van der Waals surface area (Å²) in [7, 11) is -2.16. The van der Waals surface area contributed by atoms with Crippen molar-refractivity contribution in [1.29, 1.82) is 0 Å². The largest absolute Gasteiger partial charge is 0.386 e. The Morgan fingerprint density at radius 3 is 1.76 bits per heavy atom. The lowest BCUT2D eigenvalue weighted by molar-refractivity contribution is 0.261. The molecule has 0 aliphatic heterocycles. The molecule has 4 N–H and O–H groups in total. The highest BCUT2D eigenvalue weighted by molar-refractivity contribution is 8.27. The summed E-state index contributed by atoms with van der Waals surface area (Å²) >= 11 is 18.3. The molecular weight excluding hydrogens is 853 g/mol. The Morgan fingerprint density at radius 1 is 0.578 bits per heavy atom. The molecule has 2 amide bonds. The highest BCUT2D eigenvalue weighted by Crippen LogP contribution is 2.19. The van der Waals surface area contributed by atoms with Gasteiger partial charge in [-0.05, 0) is 0 Å². The number of nitrogens with zero attached hydrogens (tertiary/aromatic N) is 2. The van der Waals surface area contributed by atoms with Gasteiger partial charge in [-0.3, -0.25) is 28.0 Å². The first-order valence-corrected chi connectivity index (χ1v) is 28.8. The Bertz CT molecular complexity index is 837. The highest BCUT2D eigenvalue weighted by Gasteiger charge is 2.03. The highest BCUT2D eigenvalue weighted by atomic mass is 32.3. The van der Waals surface area contributed by atoms with Crippen molar-refractivity contribution in [1.82, 2.24) is 10.6 Å². The van der Waals surface area contributed by atoms with Crippen molar-refractivity contribution < 1.29 is 28.2 Å². The summed E-state index contributed by atoms with van der Waals surface area (Å²) in [6, 6.07) is 0. The summed E-state index contributed by atoms with van der Waals surface area (Å²) in [6.07, 6.45) is 0. The summed E-state index contributed by atoms with van der Waals surface area (Å²) in [4.78, 5) is 31.9. The van der Waals surface area contributed by atoms with E-state index in [2.05, 4.69) is 20.6 Å². The third-order valence-corrected chi connectivity index (χ3v) is 19.0. The van der Waals surface area contributed by atoms with Gasteiger partial charge in [0.15, 0.2) is 0 Å². The van der Waals surface area contributed by atoms with E-state index in [9.17, 15) is 18.0 Å². The second-order valence-electron chi connectivity index (χ2n) is 7.04. The fourth-order valence-electron chi connectivity index (χ4n) is 1.96. The molecule has 0 rings (SSSR count). The summed E-state index contributed by atoms with van der Waals surface area (Å²) in [5.41, 5.74) is 2.99. The summed E-state index contributed by atoms with van der Waals surface area (Å²) < 4.78 is 23.7. The van der Waals surface area contributed by atoms with Crippen LogP contribution < -0.4 is 10.6 Å². The number of aliphatic hydroxyl groups excluding tert-OH is 2. The number of rotatable bonds is 32. The molecule has 0 heterocycles. The maximum absolute atomic E-state index is 12.0. The minimum absolute atomic E-state index is 0.0286. The molecular formula is C21H40N4O6S14. The van der Waals surface area contributed by atoms with E-state index in [0.717, 1.165) is 37.6 Å². The molecule has 0 aromatic carbocycles. The second kappa shape index (κ2) is 39.5. The minimum atomic E-state index is -1.09. The minimum Gasteiger partial charge on any atom is -0.386 e. The monoisotopic (exact) mass is 892 g/mol. The predicted molar refractivity (Wildman–Crippen MR) is 229 cm³/mol. The van der Waals surface area contributed by atoms with E-state index in [1.807, 2.05) is 0 Å². The molecule has 0 aliphatic carbocycles. The molecule has 0 saturated carbocycles. The van der Waals surface area contributed by atoms with Crippen molar-refractivity contribution >= 4 is 184 Å². The normalized spacial score (nSPS) is 13.0. The van der Waals surface area contributed by atoms with Crippen molar-refractivity contribution in [3.8, 4) is 0 Å². The van der Waals surface area contributed by atoms with Crippen LogP contribution in [-0.2, 0) is 21.6 Å². The lowest BCUT2D eigenvalue weighted by Crippen LogP contribution is -2.18. The van der Waals surface area contributed by atoms with Crippen molar-refractivity contribution in [2.24, 2.45) is 9.98 Å². The Kier molecular flexibility index (Phi) is 41.9. The number of hydrogen-bond donors (Lipinski definition) is 4. The van der Waals surface area contributed by atoms with Crippen molar-refractivity contribution in [3.63, 3.8) is 0 Å². The van der Waals surface area contributed by atoms with Crippen LogP contribution in [0.1, 0.15) is 0 Å². The number of thioether (sulfide) groups is 12. The zero-order chi connectivity index (χ0) is 33.1. The summed E-state index contributed by atoms with van der Waals surface area (Å²) in [5, 5.41) is 28.1. The number of nitrogens with one attached hydrogen (secondary N) is 2. The first-order valence-electron chi connectivity index (χ1n) is 12.5. The third-order valence-electron chi connectivity index (χ3n) is 3.73. The Labute approximate surface area is 323 Å². The van der Waals surface area contributed by atoms with Gasteiger partial charge in [-0.1, -0.05) is 23.5 Å². The van der Waals surface area contributed by atoms with Gasteiger partial charge in [-0.25, -0.2) is 0 Å². The van der Waals surface area contributed by atoms with Crippen LogP contribution >= 0.6 is 141 Å². The van der Waals surface area contributed by atoms with Gasteiger partial charge in [0.2, 0.25) is 0 Å². The van der Waals surface area contributed by atoms with E-state index in [1.54, 1.807) is 82.3 Å². The molecule has 0 aliphatic rings. The van der Waals surface area contributed by atoms with Gasteiger partial charge in [0.05, 0.1) is 73.2 Å². The van der Waals surface area contributed by atoms with E-state index in [1.165, 1.54) is 69.9 Å². The number of carbonyl (C=O) groups is 2. The maximum Gasteiger partial charge on any atom is 0.280 e. The van der Waals surface area contributed by atoms with Crippen LogP contribution in [0.15, 0.2) is 9.98 Å². The van der Waals surface area contributed by atoms with Gasteiger partial charge >= 0.3 is 0 Å². The second-order valence-corrected chi connectivity index (χ2v) is 24.2. The average Bonchev–Trinajstić information content (AvgIpc) is 3.03. The van der Waals surface area contributed by atoms with Crippen LogP contribution in [0.25, 0.3) is 0 Å². The Morgan fingerprint density at radius 2 is 1.11 bits per heavy atom. The van der Waals surface area contributed by atoms with Crippen LogP contribution in [0.2, 0.25) is 0 Å². The zero-order valence-corrected chi connectivity index (χ0v) is 35.7. The predicted octanol–water partition coefficient (Wildman–Crippen LogP) is 6.19. The van der Waals surface area contributed by atoms with Gasteiger partial charge in [-0.15, -0.1) is 94.1 Å². The molecule has 24 heteroatoms. The lowest BCUT2D eigenvalue weighted by Gasteiger charge is -2.04. The van der Waals surface area contributed by atoms with Crippen molar-refractivity contribution in [2.45, 2.75) is 0 Å². The van der Waals surface area contributed by atoms with E-state index in [-0.39, 0.29) is 22.4 Å². The van der Waals surface area contributed by atoms with E-state index in [4.69, 9.17) is 10.2 Å². The number of aliphatic hydroxyl groups is 2. The first-order chi connectivity index (χ1) is 22.0. The molecule has 0 aromatic heterocycles. The average molecular weight is 894 g/mol. The zero-order valence-electron chi connectivity index (χ0n) is 24.3. The lowest BCUT2D eigenvalue weighted by atomic mass is 11.0. The molecule has 0 spiro atoms. The van der Waals surface area contributed by atoms with Crippen LogP contribution in [-0.4, -0.2) is 134 Å². The van der Waals surface area contributed by atoms with E-state index >= 15 is 0 Å². The molecule has 10 nitrogen and oxygen atoms in total. The van der Waals surface area contributed by atoms with Crippen molar-refractivity contribution in [2.75, 3.05) is 94.0 Å². The van der Waals surface area contributed by atoms with Crippen LogP contribution in [0, 0.1) is 0 Å². The fourth-order valence-corrected chi connectivity index (χ4v) is 14.8. The molecule has 0 fully saturated rings. The smallest absolute Gasteiger partial charge is 0.280 e. The fraction of sp³-hybridized carbons (Fsp3) is 0.810. The van der Waals surface area contributed by atoms with Gasteiger partial charge in [0.1, 0.15) is 0 Å². The number of carbonyl (C=O) groups excluding carboxylic acids is 2. The molecule has 45 heavy (non-hydrogen) atoms. The first kappa shape index (κ1) is 47.7. The Balaban J connectivity index is 3.45. The molecule has 264 valence electrons. The van der Waals surface area contributed by atoms with Crippen LogP contribution in [0.3, 0.4) is 0 Å². The van der Waals surface area contributed by atoms with Gasteiger partial charge in [-0.2, -0.15) is 23.5 Å². The quantitative estimate of drug-likeness (QED) is 0.0262. The Hall–Kier alpha value is 2.70. The number of aliphatic imine (C=N–C) groups is 2. The third kappa shape index (κ3) is 39.3. The maximum atomic E-state index is 12.0. The summed E-state index contributed by atoms with van der Waals surface area (Å²) in [6.45, 7) is 0. The standard InChI is InChI=1S/C21H40N4O6S14/c26-11-38-16-40-18-43-21(29)25-8-37-14-34-5-22-9-44(30)4-3-33-13-32-1-2-42-20(28)24-7-36-15-35-6-23-10-45(31)19-41-17-39-12-27/h9-10,26-27H,1-8,11-19H2,(H,24,28)(H,25,29). The van der Waals surface area contributed by atoms with E-state index < -0.39 is 21.6 Å². The van der Waals surface area contributed by atoms with Gasteiger partial charge in [0.25, 0.3) is 10.5 Å². The van der Waals surface area contributed by atoms with Gasteiger partial charge in [0, 0.05) is 53.5 Å².